The van der Waals surface area contributed by atoms with Crippen LogP contribution in [-0.4, -0.2) is 29.9 Å². The number of benzene rings is 1. The van der Waals surface area contributed by atoms with Crippen LogP contribution in [0.4, 0.5) is 0 Å². The summed E-state index contributed by atoms with van der Waals surface area (Å²) in [5, 5.41) is 1.06. The number of fused-ring (bicyclic) bond motifs is 1. The number of rotatable bonds is 3. The SMILES string of the molecule is Cc1[nH]c2ccccc2c1C(C(N)=O)N(C)C. The molecule has 90 valence electrons. The van der Waals surface area contributed by atoms with E-state index in [2.05, 4.69) is 4.98 Å². The highest BCUT2D eigenvalue weighted by molar-refractivity contribution is 5.92. The fourth-order valence-electron chi connectivity index (χ4n) is 2.31. The molecule has 0 aliphatic carbocycles. The van der Waals surface area contributed by atoms with Crippen LogP contribution < -0.4 is 5.73 Å². The van der Waals surface area contributed by atoms with Crippen LogP contribution in [0.1, 0.15) is 17.3 Å². The van der Waals surface area contributed by atoms with Crippen LogP contribution >= 0.6 is 0 Å². The lowest BCUT2D eigenvalue weighted by atomic mass is 10.0. The number of aryl methyl sites for hydroxylation is 1. The van der Waals surface area contributed by atoms with Crippen LogP contribution in [0, 0.1) is 6.92 Å². The monoisotopic (exact) mass is 231 g/mol. The summed E-state index contributed by atoms with van der Waals surface area (Å²) in [4.78, 5) is 16.7. The number of carbonyl (C=O) groups is 1. The summed E-state index contributed by atoms with van der Waals surface area (Å²) in [5.74, 6) is -0.331. The minimum atomic E-state index is -0.397. The molecule has 1 amide bonds. The number of H-pyrrole nitrogens is 1. The molecule has 1 aromatic carbocycles. The number of amides is 1. The first-order valence-electron chi connectivity index (χ1n) is 5.55. The van der Waals surface area contributed by atoms with Crippen molar-refractivity contribution < 1.29 is 4.79 Å². The molecule has 4 nitrogen and oxygen atoms in total. The Hall–Kier alpha value is -1.81. The first-order chi connectivity index (χ1) is 8.02. The summed E-state index contributed by atoms with van der Waals surface area (Å²) in [6, 6.07) is 7.54. The number of aromatic nitrogens is 1. The molecule has 0 saturated carbocycles. The molecule has 2 rings (SSSR count). The smallest absolute Gasteiger partial charge is 0.239 e. The van der Waals surface area contributed by atoms with Crippen molar-refractivity contribution in [3.63, 3.8) is 0 Å². The molecule has 0 radical (unpaired) electrons. The van der Waals surface area contributed by atoms with E-state index in [0.717, 1.165) is 22.2 Å². The van der Waals surface area contributed by atoms with E-state index in [0.29, 0.717) is 0 Å². The summed E-state index contributed by atoms with van der Waals surface area (Å²) >= 11 is 0. The lowest BCUT2D eigenvalue weighted by molar-refractivity contribution is -0.122. The molecule has 0 spiro atoms. The Balaban J connectivity index is 2.68. The van der Waals surface area contributed by atoms with Crippen molar-refractivity contribution in [3.05, 3.63) is 35.5 Å². The van der Waals surface area contributed by atoms with Crippen molar-refractivity contribution in [3.8, 4) is 0 Å². The molecule has 0 aliphatic rings. The van der Waals surface area contributed by atoms with Gasteiger partial charge in [0.25, 0.3) is 0 Å². The highest BCUT2D eigenvalue weighted by Gasteiger charge is 2.25. The number of likely N-dealkylation sites (N-methyl/N-ethyl adjacent to an activating group) is 1. The third-order valence-corrected chi connectivity index (χ3v) is 3.00. The van der Waals surface area contributed by atoms with E-state index in [9.17, 15) is 4.79 Å². The molecule has 0 aliphatic heterocycles. The highest BCUT2D eigenvalue weighted by Crippen LogP contribution is 2.29. The Kier molecular flexibility index (Phi) is 2.90. The number of hydrogen-bond acceptors (Lipinski definition) is 2. The van der Waals surface area contributed by atoms with Gasteiger partial charge in [-0.15, -0.1) is 0 Å². The van der Waals surface area contributed by atoms with Gasteiger partial charge in [0.1, 0.15) is 6.04 Å². The number of nitrogens with one attached hydrogen (secondary N) is 1. The predicted molar refractivity (Wildman–Crippen MR) is 68.7 cm³/mol. The van der Waals surface area contributed by atoms with Crippen molar-refractivity contribution >= 4 is 16.8 Å². The van der Waals surface area contributed by atoms with Gasteiger partial charge in [0.2, 0.25) is 5.91 Å². The number of nitrogens with two attached hydrogens (primary N) is 1. The van der Waals surface area contributed by atoms with Gasteiger partial charge in [0.05, 0.1) is 0 Å². The van der Waals surface area contributed by atoms with Gasteiger partial charge in [-0.05, 0) is 27.1 Å². The van der Waals surface area contributed by atoms with E-state index in [1.165, 1.54) is 0 Å². The van der Waals surface area contributed by atoms with Gasteiger partial charge < -0.3 is 10.7 Å². The van der Waals surface area contributed by atoms with Crippen LogP contribution in [0.5, 0.6) is 0 Å². The van der Waals surface area contributed by atoms with E-state index < -0.39 is 6.04 Å². The summed E-state index contributed by atoms with van der Waals surface area (Å²) < 4.78 is 0. The van der Waals surface area contributed by atoms with Gasteiger partial charge in [-0.1, -0.05) is 18.2 Å². The molecular formula is C13H17N3O. The second-order valence-corrected chi connectivity index (χ2v) is 4.48. The Bertz CT molecular complexity index is 557. The normalized spacial score (nSPS) is 13.2. The summed E-state index contributed by atoms with van der Waals surface area (Å²) in [7, 11) is 3.72. The quantitative estimate of drug-likeness (QED) is 0.842. The second kappa shape index (κ2) is 4.22. The average molecular weight is 231 g/mol. The van der Waals surface area contributed by atoms with Crippen LogP contribution in [-0.2, 0) is 4.79 Å². The Morgan fingerprint density at radius 2 is 2.00 bits per heavy atom. The molecule has 0 bridgehead atoms. The largest absolute Gasteiger partial charge is 0.368 e. The molecule has 0 saturated heterocycles. The number of para-hydroxylation sites is 1. The van der Waals surface area contributed by atoms with E-state index >= 15 is 0 Å². The fourth-order valence-corrected chi connectivity index (χ4v) is 2.31. The fraction of sp³-hybridized carbons (Fsp3) is 0.308. The summed E-state index contributed by atoms with van der Waals surface area (Å²) in [6.07, 6.45) is 0. The zero-order valence-corrected chi connectivity index (χ0v) is 10.3. The van der Waals surface area contributed by atoms with Crippen molar-refractivity contribution in [1.29, 1.82) is 0 Å². The van der Waals surface area contributed by atoms with Crippen LogP contribution in [0.15, 0.2) is 24.3 Å². The van der Waals surface area contributed by atoms with Gasteiger partial charge in [0, 0.05) is 22.2 Å². The topological polar surface area (TPSA) is 62.1 Å². The lowest BCUT2D eigenvalue weighted by Crippen LogP contribution is -2.33. The third-order valence-electron chi connectivity index (χ3n) is 3.00. The molecule has 0 fully saturated rings. The van der Waals surface area contributed by atoms with E-state index in [-0.39, 0.29) is 5.91 Å². The van der Waals surface area contributed by atoms with E-state index in [1.54, 1.807) is 0 Å². The molecule has 2 aromatic rings. The van der Waals surface area contributed by atoms with Crippen molar-refractivity contribution in [2.24, 2.45) is 5.73 Å². The molecular weight excluding hydrogens is 214 g/mol. The number of carbonyl (C=O) groups excluding carboxylic acids is 1. The molecule has 17 heavy (non-hydrogen) atoms. The molecule has 1 atom stereocenters. The maximum Gasteiger partial charge on any atom is 0.239 e. The molecule has 1 unspecified atom stereocenters. The average Bonchev–Trinajstić information content (AvgIpc) is 2.55. The Morgan fingerprint density at radius 1 is 1.35 bits per heavy atom. The molecule has 4 heteroatoms. The maximum atomic E-state index is 11.6. The molecule has 1 aromatic heterocycles. The minimum Gasteiger partial charge on any atom is -0.368 e. The zero-order valence-electron chi connectivity index (χ0n) is 10.3. The highest BCUT2D eigenvalue weighted by atomic mass is 16.1. The maximum absolute atomic E-state index is 11.6. The Labute approximate surface area is 100 Å². The standard InChI is InChI=1S/C13H17N3O/c1-8-11(12(13(14)17)16(2)3)9-6-4-5-7-10(9)15-8/h4-7,12,15H,1-3H3,(H2,14,17). The van der Waals surface area contributed by atoms with Gasteiger partial charge in [-0.3, -0.25) is 9.69 Å². The number of primary amides is 1. The van der Waals surface area contributed by atoms with Gasteiger partial charge >= 0.3 is 0 Å². The predicted octanol–water partition coefficient (Wildman–Crippen LogP) is 1.56. The first kappa shape index (κ1) is 11.7. The van der Waals surface area contributed by atoms with E-state index in [1.807, 2.05) is 50.2 Å². The van der Waals surface area contributed by atoms with Crippen LogP contribution in [0.3, 0.4) is 0 Å². The molecule has 1 heterocycles. The van der Waals surface area contributed by atoms with Crippen molar-refractivity contribution in [1.82, 2.24) is 9.88 Å². The van der Waals surface area contributed by atoms with Gasteiger partial charge in [-0.25, -0.2) is 0 Å². The number of nitrogens with zero attached hydrogens (tertiary/aromatic N) is 1. The van der Waals surface area contributed by atoms with Gasteiger partial charge in [-0.2, -0.15) is 0 Å². The second-order valence-electron chi connectivity index (χ2n) is 4.48. The Morgan fingerprint density at radius 3 is 2.59 bits per heavy atom. The van der Waals surface area contributed by atoms with Crippen LogP contribution in [0.2, 0.25) is 0 Å². The molecule has 3 N–H and O–H groups in total. The van der Waals surface area contributed by atoms with Crippen molar-refractivity contribution in [2.75, 3.05) is 14.1 Å². The summed E-state index contributed by atoms with van der Waals surface area (Å²) in [6.45, 7) is 1.97. The number of aromatic amines is 1. The van der Waals surface area contributed by atoms with Crippen LogP contribution in [0.25, 0.3) is 10.9 Å². The summed E-state index contributed by atoms with van der Waals surface area (Å²) in [5.41, 5.74) is 8.49. The van der Waals surface area contributed by atoms with E-state index in [4.69, 9.17) is 5.73 Å². The number of hydrogen-bond donors (Lipinski definition) is 2. The minimum absolute atomic E-state index is 0.331. The van der Waals surface area contributed by atoms with Gasteiger partial charge in [0.15, 0.2) is 0 Å². The third kappa shape index (κ3) is 1.91. The zero-order chi connectivity index (χ0) is 12.6. The first-order valence-corrected chi connectivity index (χ1v) is 5.55. The van der Waals surface area contributed by atoms with Crippen molar-refractivity contribution in [2.45, 2.75) is 13.0 Å². The lowest BCUT2D eigenvalue weighted by Gasteiger charge is -2.21.